The first kappa shape index (κ1) is 50.9. The molecule has 73 heavy (non-hydrogen) atoms. The third kappa shape index (κ3) is 11.4. The second-order valence-electron chi connectivity index (χ2n) is 17.9. The Morgan fingerprint density at radius 2 is 0.904 bits per heavy atom. The van der Waals surface area contributed by atoms with Crippen LogP contribution in [0, 0.1) is 20.2 Å². The van der Waals surface area contributed by atoms with E-state index in [2.05, 4.69) is 19.9 Å². The zero-order valence-corrected chi connectivity index (χ0v) is 41.5. The van der Waals surface area contributed by atoms with E-state index in [9.17, 15) is 39.4 Å². The van der Waals surface area contributed by atoms with E-state index >= 15 is 0 Å². The van der Waals surface area contributed by atoms with Crippen molar-refractivity contribution in [2.75, 3.05) is 52.4 Å². The van der Waals surface area contributed by atoms with Gasteiger partial charge in [-0.05, 0) is 69.5 Å². The Labute approximate surface area is 425 Å². The molecule has 0 N–H and O–H groups in total. The van der Waals surface area contributed by atoms with Gasteiger partial charge >= 0.3 is 0 Å². The SMILES string of the molecule is CC(C)c1ccccc1-c1c(C=CC(=O)N2CCN(C(=O)c3cnccn3)CC2)ccc(Sc2ccc(C=CC(=O)N3CCN(C(=O)c4cnccn4)CC3)c(-c3ccccc3C(C)C)c2[N+](=O)[O-])c1[N+](=O)[O-]. The quantitative estimate of drug-likeness (QED) is 0.0566. The molecule has 0 saturated carbocycles. The van der Waals surface area contributed by atoms with Crippen molar-refractivity contribution < 1.29 is 29.0 Å². The molecule has 6 aromatic rings. The summed E-state index contributed by atoms with van der Waals surface area (Å²) in [6.07, 6.45) is 14.5. The number of amides is 4. The zero-order valence-electron chi connectivity index (χ0n) is 40.7. The van der Waals surface area contributed by atoms with Crippen LogP contribution in [0.3, 0.4) is 0 Å². The molecule has 4 amide bonds. The fourth-order valence-electron chi connectivity index (χ4n) is 9.06. The van der Waals surface area contributed by atoms with Gasteiger partial charge in [-0.15, -0.1) is 0 Å². The second kappa shape index (κ2) is 22.7. The van der Waals surface area contributed by atoms with Gasteiger partial charge in [0.25, 0.3) is 23.2 Å². The molecule has 2 aliphatic heterocycles. The summed E-state index contributed by atoms with van der Waals surface area (Å²) in [5.74, 6) is -1.38. The number of rotatable bonds is 14. The van der Waals surface area contributed by atoms with Crippen LogP contribution in [0.2, 0.25) is 0 Å². The smallest absolute Gasteiger partial charge is 0.291 e. The van der Waals surface area contributed by atoms with Gasteiger partial charge in [0, 0.05) is 89.3 Å². The summed E-state index contributed by atoms with van der Waals surface area (Å²) in [6, 6.07) is 21.1. The van der Waals surface area contributed by atoms with Gasteiger partial charge in [0.05, 0.1) is 43.2 Å². The number of piperazine rings is 2. The van der Waals surface area contributed by atoms with Crippen LogP contribution in [0.4, 0.5) is 11.4 Å². The van der Waals surface area contributed by atoms with Crippen LogP contribution >= 0.6 is 11.8 Å². The molecule has 2 aromatic heterocycles. The Hall–Kier alpha value is -8.45. The van der Waals surface area contributed by atoms with Gasteiger partial charge in [0.1, 0.15) is 11.4 Å². The average molecular weight is 1000 g/mol. The van der Waals surface area contributed by atoms with E-state index < -0.39 is 9.85 Å². The summed E-state index contributed by atoms with van der Waals surface area (Å²) in [5, 5.41) is 27.1. The predicted octanol–water partition coefficient (Wildman–Crippen LogP) is 8.81. The molecule has 2 fully saturated rings. The molecular weight excluding hydrogens is 949 g/mol. The molecule has 0 unspecified atom stereocenters. The van der Waals surface area contributed by atoms with Crippen molar-refractivity contribution in [2.24, 2.45) is 0 Å². The van der Waals surface area contributed by atoms with Crippen LogP contribution in [0.5, 0.6) is 0 Å². The minimum absolute atomic E-state index is 0.0626. The molecule has 18 nitrogen and oxygen atoms in total. The van der Waals surface area contributed by atoms with Crippen molar-refractivity contribution in [3.8, 4) is 22.3 Å². The Bertz CT molecular complexity index is 2930. The molecule has 19 heteroatoms. The van der Waals surface area contributed by atoms with Crippen molar-refractivity contribution in [1.82, 2.24) is 39.5 Å². The average Bonchev–Trinajstić information content (AvgIpc) is 3.41. The number of carbonyl (C=O) groups is 4. The summed E-state index contributed by atoms with van der Waals surface area (Å²) in [4.78, 5) is 102. The summed E-state index contributed by atoms with van der Waals surface area (Å²) in [7, 11) is 0. The predicted molar refractivity (Wildman–Crippen MR) is 276 cm³/mol. The minimum Gasteiger partial charge on any atom is -0.336 e. The Balaban J connectivity index is 1.14. The number of aromatic nitrogens is 4. The molecule has 372 valence electrons. The number of nitro benzene ring substituents is 2. The van der Waals surface area contributed by atoms with E-state index in [0.717, 1.165) is 22.9 Å². The standard InChI is InChI=1S/C54H52N10O8S/c1-35(2)39-9-5-7-11-41(39)49-37(15-19-47(65)59-25-29-61(30-26-59)53(67)43-33-55-21-23-57-43)13-17-45(51(49)63(69)70)73-46-18-14-38(50(52(46)64(71)72)42-12-8-6-10-40(42)36(3)4)16-20-48(66)60-27-31-62(32-28-60)54(68)44-34-56-22-24-58-44/h5-24,33-36H,25-32H2,1-4H3. The third-order valence-electron chi connectivity index (χ3n) is 12.8. The highest BCUT2D eigenvalue weighted by molar-refractivity contribution is 7.99. The van der Waals surface area contributed by atoms with Crippen molar-refractivity contribution >= 4 is 58.9 Å². The lowest BCUT2D eigenvalue weighted by atomic mass is 9.89. The third-order valence-corrected chi connectivity index (χ3v) is 13.9. The van der Waals surface area contributed by atoms with Crippen LogP contribution < -0.4 is 0 Å². The highest BCUT2D eigenvalue weighted by atomic mass is 32.2. The van der Waals surface area contributed by atoms with Gasteiger partial charge in [0.2, 0.25) is 11.8 Å². The summed E-state index contributed by atoms with van der Waals surface area (Å²) >= 11 is 0.894. The second-order valence-corrected chi connectivity index (χ2v) is 19.0. The van der Waals surface area contributed by atoms with Crippen LogP contribution in [-0.2, 0) is 9.59 Å². The van der Waals surface area contributed by atoms with E-state index in [1.807, 2.05) is 52.0 Å². The molecule has 0 bridgehead atoms. The van der Waals surface area contributed by atoms with Gasteiger partial charge in [-0.1, -0.05) is 100 Å². The molecular formula is C54H52N10O8S. The van der Waals surface area contributed by atoms with Gasteiger partial charge < -0.3 is 19.6 Å². The summed E-state index contributed by atoms with van der Waals surface area (Å²) in [6.45, 7) is 10.1. The highest BCUT2D eigenvalue weighted by Gasteiger charge is 2.32. The normalized spacial score (nSPS) is 14.1. The van der Waals surface area contributed by atoms with Crippen molar-refractivity contribution in [3.05, 3.63) is 176 Å². The number of hydrogen-bond donors (Lipinski definition) is 0. The lowest BCUT2D eigenvalue weighted by Gasteiger charge is -2.34. The van der Waals surface area contributed by atoms with Gasteiger partial charge in [0.15, 0.2) is 0 Å². The van der Waals surface area contributed by atoms with Crippen LogP contribution in [-0.4, -0.2) is 125 Å². The number of nitro groups is 2. The first-order valence-electron chi connectivity index (χ1n) is 23.8. The van der Waals surface area contributed by atoms with E-state index in [1.54, 1.807) is 80.3 Å². The molecule has 0 aliphatic carbocycles. The maximum absolute atomic E-state index is 13.7. The number of hydrogen-bond acceptors (Lipinski definition) is 13. The van der Waals surface area contributed by atoms with E-state index in [0.29, 0.717) is 22.3 Å². The molecule has 0 spiro atoms. The Morgan fingerprint density at radius 1 is 0.534 bits per heavy atom. The molecule has 8 rings (SSSR count). The number of benzene rings is 4. The number of nitrogens with zero attached hydrogens (tertiary/aromatic N) is 10. The van der Waals surface area contributed by atoms with Crippen LogP contribution in [0.25, 0.3) is 34.4 Å². The monoisotopic (exact) mass is 1000 g/mol. The largest absolute Gasteiger partial charge is 0.336 e. The molecule has 0 atom stereocenters. The van der Waals surface area contributed by atoms with E-state index in [-0.39, 0.29) is 132 Å². The topological polar surface area (TPSA) is 219 Å². The van der Waals surface area contributed by atoms with Gasteiger partial charge in [-0.3, -0.25) is 49.4 Å². The van der Waals surface area contributed by atoms with E-state index in [1.165, 1.54) is 49.3 Å². The number of carbonyl (C=O) groups excluding carboxylic acids is 4. The Morgan fingerprint density at radius 3 is 1.25 bits per heavy atom. The summed E-state index contributed by atoms with van der Waals surface area (Å²) < 4.78 is 0. The molecule has 4 heterocycles. The molecule has 0 radical (unpaired) electrons. The maximum atomic E-state index is 13.7. The first-order chi connectivity index (χ1) is 35.2. The molecule has 4 aromatic carbocycles. The fraction of sp³-hybridized carbons (Fsp3) is 0.259. The van der Waals surface area contributed by atoms with Crippen molar-refractivity contribution in [2.45, 2.75) is 49.3 Å². The van der Waals surface area contributed by atoms with Gasteiger partial charge in [-0.25, -0.2) is 9.97 Å². The minimum atomic E-state index is -0.490. The lowest BCUT2D eigenvalue weighted by Crippen LogP contribution is -2.50. The van der Waals surface area contributed by atoms with Crippen LogP contribution in [0.15, 0.2) is 132 Å². The maximum Gasteiger partial charge on any atom is 0.291 e. The zero-order chi connectivity index (χ0) is 51.8. The Kier molecular flexibility index (Phi) is 15.9. The highest BCUT2D eigenvalue weighted by Crippen LogP contribution is 2.50. The lowest BCUT2D eigenvalue weighted by molar-refractivity contribution is -0.387. The van der Waals surface area contributed by atoms with E-state index in [4.69, 9.17) is 0 Å². The summed E-state index contributed by atoms with van der Waals surface area (Å²) in [5.41, 5.74) is 3.87. The fourth-order valence-corrected chi connectivity index (χ4v) is 10.1. The van der Waals surface area contributed by atoms with Crippen molar-refractivity contribution in [1.29, 1.82) is 0 Å². The van der Waals surface area contributed by atoms with Crippen molar-refractivity contribution in [3.63, 3.8) is 0 Å². The first-order valence-corrected chi connectivity index (χ1v) is 24.6. The van der Waals surface area contributed by atoms with Crippen LogP contribution in [0.1, 0.15) is 82.8 Å². The molecule has 2 saturated heterocycles. The van der Waals surface area contributed by atoms with Gasteiger partial charge in [-0.2, -0.15) is 0 Å². The molecule has 2 aliphatic rings.